The number of nitrogens with one attached hydrogen (secondary N) is 3. The summed E-state index contributed by atoms with van der Waals surface area (Å²) in [5.74, 6) is -3.37. The summed E-state index contributed by atoms with van der Waals surface area (Å²) >= 11 is 0. The molecule has 192 valence electrons. The summed E-state index contributed by atoms with van der Waals surface area (Å²) in [5, 5.41) is 26.2. The number of aliphatic hydroxyl groups is 1. The lowest BCUT2D eigenvalue weighted by atomic mass is 9.96. The van der Waals surface area contributed by atoms with Crippen LogP contribution >= 0.6 is 0 Å². The fourth-order valence-electron chi connectivity index (χ4n) is 3.09. The topological polar surface area (TPSA) is 223 Å². The first-order chi connectivity index (χ1) is 15.6. The van der Waals surface area contributed by atoms with Gasteiger partial charge in [-0.2, -0.15) is 0 Å². The number of carbonyl (C=O) groups excluding carboxylic acids is 3. The number of carboxylic acids is 1. The maximum absolute atomic E-state index is 13.0. The van der Waals surface area contributed by atoms with Crippen LogP contribution in [-0.4, -0.2) is 77.8 Å². The summed E-state index contributed by atoms with van der Waals surface area (Å²) in [7, 11) is 0. The number of nitrogens with two attached hydrogens (primary N) is 3. The molecule has 0 unspecified atom stereocenters. The molecule has 0 aliphatic rings. The molecule has 0 rings (SSSR count). The van der Waals surface area contributed by atoms with Crippen molar-refractivity contribution < 1.29 is 29.4 Å². The number of amides is 3. The molecular weight excluding hydrogens is 432 g/mol. The van der Waals surface area contributed by atoms with Crippen LogP contribution in [0.3, 0.4) is 0 Å². The van der Waals surface area contributed by atoms with E-state index in [1.165, 1.54) is 0 Å². The Labute approximate surface area is 195 Å². The lowest BCUT2D eigenvalue weighted by Crippen LogP contribution is -2.58. The molecule has 0 fully saturated rings. The third-order valence-electron chi connectivity index (χ3n) is 5.47. The van der Waals surface area contributed by atoms with Crippen molar-refractivity contribution in [3.8, 4) is 0 Å². The van der Waals surface area contributed by atoms with Gasteiger partial charge in [0.1, 0.15) is 24.2 Å². The minimum atomic E-state index is -1.19. The van der Waals surface area contributed by atoms with Gasteiger partial charge >= 0.3 is 5.97 Å². The second-order valence-corrected chi connectivity index (χ2v) is 8.19. The zero-order valence-electron chi connectivity index (χ0n) is 19.7. The average molecular weight is 475 g/mol. The molecule has 0 aromatic heterocycles. The van der Waals surface area contributed by atoms with E-state index in [2.05, 4.69) is 16.0 Å². The van der Waals surface area contributed by atoms with E-state index in [0.717, 1.165) is 0 Å². The molecule has 3 amide bonds. The monoisotopic (exact) mass is 474 g/mol. The maximum Gasteiger partial charge on any atom is 0.326 e. The Hall–Kier alpha value is -2.28. The highest BCUT2D eigenvalue weighted by Crippen LogP contribution is 2.11. The standard InChI is InChI=1S/C21H42N6O6/c1-3-13(2)17(20(31)26-16(21(32)33)9-5-7-11-23)27-19(30)15(8-4-6-10-22)25-18(29)14(24)12-28/h13-17,28H,3-12,22-24H2,1-2H3,(H,25,29)(H,26,31)(H,27,30)(H,32,33)/t13-,14-,15-,16-,17-/m0/s1. The number of carboxylic acid groups (broad SMARTS) is 1. The maximum atomic E-state index is 13.0. The molecule has 12 heteroatoms. The Bertz CT molecular complexity index is 620. The summed E-state index contributed by atoms with van der Waals surface area (Å²) in [6.07, 6.45) is 3.37. The fraction of sp³-hybridized carbons (Fsp3) is 0.810. The number of hydrogen-bond donors (Lipinski definition) is 8. The highest BCUT2D eigenvalue weighted by atomic mass is 16.4. The van der Waals surface area contributed by atoms with Gasteiger partial charge in [-0.05, 0) is 57.5 Å². The van der Waals surface area contributed by atoms with Gasteiger partial charge in [0.05, 0.1) is 6.61 Å². The molecule has 0 aliphatic carbocycles. The second kappa shape index (κ2) is 17.2. The highest BCUT2D eigenvalue weighted by molar-refractivity contribution is 5.94. The second-order valence-electron chi connectivity index (χ2n) is 8.19. The summed E-state index contributed by atoms with van der Waals surface area (Å²) in [6, 6.07) is -4.27. The molecular formula is C21H42N6O6. The summed E-state index contributed by atoms with van der Waals surface area (Å²) in [6.45, 7) is 3.86. The van der Waals surface area contributed by atoms with Crippen molar-refractivity contribution in [2.45, 2.75) is 83.0 Å². The van der Waals surface area contributed by atoms with Crippen molar-refractivity contribution in [3.63, 3.8) is 0 Å². The Kier molecular flexibility index (Phi) is 16.0. The lowest BCUT2D eigenvalue weighted by molar-refractivity contribution is -0.143. The molecule has 5 atom stereocenters. The SMILES string of the molecule is CC[C@H](C)[C@H](NC(=O)[C@H](CCCCN)NC(=O)[C@@H](N)CO)C(=O)N[C@@H](CCCCN)C(=O)O. The Morgan fingerprint density at radius 2 is 1.33 bits per heavy atom. The molecule has 0 saturated heterocycles. The number of aliphatic hydroxyl groups excluding tert-OH is 1. The third kappa shape index (κ3) is 11.9. The quantitative estimate of drug-likeness (QED) is 0.104. The van der Waals surface area contributed by atoms with Crippen LogP contribution in [0.5, 0.6) is 0 Å². The predicted molar refractivity (Wildman–Crippen MR) is 124 cm³/mol. The van der Waals surface area contributed by atoms with Crippen molar-refractivity contribution in [1.82, 2.24) is 16.0 Å². The third-order valence-corrected chi connectivity index (χ3v) is 5.47. The minimum absolute atomic E-state index is 0.219. The number of carbonyl (C=O) groups is 4. The van der Waals surface area contributed by atoms with Gasteiger partial charge in [0.15, 0.2) is 0 Å². The van der Waals surface area contributed by atoms with Crippen LogP contribution in [0.4, 0.5) is 0 Å². The van der Waals surface area contributed by atoms with Crippen molar-refractivity contribution in [1.29, 1.82) is 0 Å². The zero-order chi connectivity index (χ0) is 25.4. The number of aliphatic carboxylic acids is 1. The molecule has 33 heavy (non-hydrogen) atoms. The smallest absolute Gasteiger partial charge is 0.326 e. The van der Waals surface area contributed by atoms with Crippen LogP contribution in [0.15, 0.2) is 0 Å². The molecule has 0 aromatic rings. The van der Waals surface area contributed by atoms with Crippen molar-refractivity contribution in [2.75, 3.05) is 19.7 Å². The first-order valence-electron chi connectivity index (χ1n) is 11.5. The molecule has 0 spiro atoms. The normalized spacial score (nSPS) is 15.6. The highest BCUT2D eigenvalue weighted by Gasteiger charge is 2.32. The number of hydrogen-bond acceptors (Lipinski definition) is 8. The predicted octanol–water partition coefficient (Wildman–Crippen LogP) is -1.85. The van der Waals surface area contributed by atoms with E-state index in [0.29, 0.717) is 45.2 Å². The first kappa shape index (κ1) is 30.7. The van der Waals surface area contributed by atoms with Crippen LogP contribution in [-0.2, 0) is 19.2 Å². The fourth-order valence-corrected chi connectivity index (χ4v) is 3.09. The molecule has 11 N–H and O–H groups in total. The Morgan fingerprint density at radius 1 is 0.818 bits per heavy atom. The van der Waals surface area contributed by atoms with Crippen LogP contribution in [0, 0.1) is 5.92 Å². The van der Waals surface area contributed by atoms with E-state index in [4.69, 9.17) is 22.3 Å². The Morgan fingerprint density at radius 3 is 1.79 bits per heavy atom. The van der Waals surface area contributed by atoms with Crippen LogP contribution in [0.1, 0.15) is 58.8 Å². The van der Waals surface area contributed by atoms with Gasteiger partial charge in [0.2, 0.25) is 17.7 Å². The lowest BCUT2D eigenvalue weighted by Gasteiger charge is -2.28. The van der Waals surface area contributed by atoms with Crippen LogP contribution in [0.2, 0.25) is 0 Å². The minimum Gasteiger partial charge on any atom is -0.480 e. The van der Waals surface area contributed by atoms with E-state index < -0.39 is 54.5 Å². The van der Waals surface area contributed by atoms with Crippen molar-refractivity contribution in [3.05, 3.63) is 0 Å². The van der Waals surface area contributed by atoms with E-state index >= 15 is 0 Å². The average Bonchev–Trinajstić information content (AvgIpc) is 2.79. The molecule has 0 heterocycles. The van der Waals surface area contributed by atoms with Gasteiger partial charge < -0.3 is 43.4 Å². The summed E-state index contributed by atoms with van der Waals surface area (Å²) in [4.78, 5) is 49.6. The summed E-state index contributed by atoms with van der Waals surface area (Å²) in [5.41, 5.74) is 16.5. The number of rotatable bonds is 18. The van der Waals surface area contributed by atoms with E-state index in [-0.39, 0.29) is 18.8 Å². The molecule has 0 saturated carbocycles. The largest absolute Gasteiger partial charge is 0.480 e. The first-order valence-corrected chi connectivity index (χ1v) is 11.5. The zero-order valence-corrected chi connectivity index (χ0v) is 19.7. The van der Waals surface area contributed by atoms with Crippen molar-refractivity contribution >= 4 is 23.7 Å². The van der Waals surface area contributed by atoms with Gasteiger partial charge in [0, 0.05) is 0 Å². The van der Waals surface area contributed by atoms with Crippen LogP contribution < -0.4 is 33.2 Å². The molecule has 0 bridgehead atoms. The van der Waals surface area contributed by atoms with Gasteiger partial charge in [-0.3, -0.25) is 14.4 Å². The molecule has 0 radical (unpaired) electrons. The van der Waals surface area contributed by atoms with Gasteiger partial charge in [-0.15, -0.1) is 0 Å². The summed E-state index contributed by atoms with van der Waals surface area (Å²) < 4.78 is 0. The molecule has 0 aromatic carbocycles. The molecule has 0 aliphatic heterocycles. The molecule has 12 nitrogen and oxygen atoms in total. The van der Waals surface area contributed by atoms with E-state index in [9.17, 15) is 24.3 Å². The Balaban J connectivity index is 5.44. The van der Waals surface area contributed by atoms with E-state index in [1.807, 2.05) is 6.92 Å². The van der Waals surface area contributed by atoms with Gasteiger partial charge in [0.25, 0.3) is 0 Å². The number of unbranched alkanes of at least 4 members (excludes halogenated alkanes) is 2. The van der Waals surface area contributed by atoms with Crippen LogP contribution in [0.25, 0.3) is 0 Å². The van der Waals surface area contributed by atoms with Gasteiger partial charge in [-0.1, -0.05) is 20.3 Å². The van der Waals surface area contributed by atoms with Gasteiger partial charge in [-0.25, -0.2) is 4.79 Å². The van der Waals surface area contributed by atoms with E-state index in [1.54, 1.807) is 6.92 Å². The van der Waals surface area contributed by atoms with Crippen molar-refractivity contribution in [2.24, 2.45) is 23.1 Å².